The maximum Gasteiger partial charge on any atom is 0.306 e. The molecule has 0 aliphatic heterocycles. The van der Waals surface area contributed by atoms with E-state index >= 15 is 0 Å². The largest absolute Gasteiger partial charge is 0.756 e. The summed E-state index contributed by atoms with van der Waals surface area (Å²) >= 11 is 0. The molecule has 0 aliphatic carbocycles. The molecule has 9 nitrogen and oxygen atoms in total. The van der Waals surface area contributed by atoms with Gasteiger partial charge in [0.05, 0.1) is 27.7 Å². The van der Waals surface area contributed by atoms with Gasteiger partial charge in [0.15, 0.2) is 6.10 Å². The van der Waals surface area contributed by atoms with E-state index < -0.39 is 32.5 Å². The fourth-order valence-electron chi connectivity index (χ4n) is 7.58. The normalized spacial score (nSPS) is 14.6. The second-order valence-corrected chi connectivity index (χ2v) is 23.1. The second-order valence-electron chi connectivity index (χ2n) is 21.7. The van der Waals surface area contributed by atoms with E-state index in [9.17, 15) is 19.0 Å². The summed E-state index contributed by atoms with van der Waals surface area (Å²) in [6.45, 7) is 3.88. The van der Waals surface area contributed by atoms with Crippen LogP contribution in [0, 0.1) is 0 Å². The van der Waals surface area contributed by atoms with E-state index in [0.29, 0.717) is 23.9 Å². The van der Waals surface area contributed by atoms with Gasteiger partial charge in [-0.15, -0.1) is 0 Å². The van der Waals surface area contributed by atoms with Crippen LogP contribution in [0.4, 0.5) is 0 Å². The summed E-state index contributed by atoms with van der Waals surface area (Å²) < 4.78 is 34.1. The van der Waals surface area contributed by atoms with Crippen LogP contribution < -0.4 is 4.89 Å². The highest BCUT2D eigenvalue weighted by molar-refractivity contribution is 7.45. The average Bonchev–Trinajstić information content (AvgIpc) is 3.70. The summed E-state index contributed by atoms with van der Waals surface area (Å²) in [5.74, 6) is -0.935. The minimum atomic E-state index is -4.67. The van der Waals surface area contributed by atoms with Crippen molar-refractivity contribution in [3.8, 4) is 0 Å². The lowest BCUT2D eigenvalue weighted by molar-refractivity contribution is -0.870. The first kappa shape index (κ1) is 80.3. The van der Waals surface area contributed by atoms with Crippen LogP contribution in [-0.4, -0.2) is 70.0 Å². The first-order valence-corrected chi connectivity index (χ1v) is 33.9. The summed E-state index contributed by atoms with van der Waals surface area (Å²) in [5, 5.41) is 0. The first-order valence-electron chi connectivity index (χ1n) is 32.4. The molecule has 2 unspecified atom stereocenters. The van der Waals surface area contributed by atoms with Crippen LogP contribution >= 0.6 is 7.82 Å². The van der Waals surface area contributed by atoms with E-state index in [-0.39, 0.29) is 26.1 Å². The van der Waals surface area contributed by atoms with Gasteiger partial charge >= 0.3 is 11.9 Å². The Bertz CT molecular complexity index is 2250. The van der Waals surface area contributed by atoms with Gasteiger partial charge in [-0.3, -0.25) is 14.2 Å². The Hall–Kier alpha value is -5.67. The van der Waals surface area contributed by atoms with Crippen molar-refractivity contribution in [3.63, 3.8) is 0 Å². The van der Waals surface area contributed by atoms with Crippen molar-refractivity contribution >= 4 is 19.8 Å². The summed E-state index contributed by atoms with van der Waals surface area (Å²) in [7, 11) is 1.09. The first-order chi connectivity index (χ1) is 42.0. The molecule has 0 aromatic heterocycles. The number of allylic oxidation sites excluding steroid dienone is 36. The summed E-state index contributed by atoms with van der Waals surface area (Å²) in [5.41, 5.74) is 0. The van der Waals surface area contributed by atoms with E-state index in [4.69, 9.17) is 18.5 Å². The number of esters is 2. The second kappa shape index (κ2) is 63.8. The molecule has 0 saturated carbocycles. The molecule has 0 aromatic rings. The fraction of sp³-hybridized carbons (Fsp3) is 0.500. The molecule has 0 radical (unpaired) electrons. The van der Waals surface area contributed by atoms with Gasteiger partial charge in [0.2, 0.25) is 0 Å². The van der Waals surface area contributed by atoms with Gasteiger partial charge in [-0.25, -0.2) is 0 Å². The molecule has 478 valence electrons. The molecular weight excluding hydrogens is 1090 g/mol. The molecule has 0 rings (SSSR count). The van der Waals surface area contributed by atoms with E-state index in [1.165, 1.54) is 0 Å². The predicted octanol–water partition coefficient (Wildman–Crippen LogP) is 20.6. The third-order valence-corrected chi connectivity index (χ3v) is 13.5. The van der Waals surface area contributed by atoms with Crippen LogP contribution in [-0.2, 0) is 32.7 Å². The zero-order valence-electron chi connectivity index (χ0n) is 54.1. The highest BCUT2D eigenvalue weighted by Gasteiger charge is 2.21. The highest BCUT2D eigenvalue weighted by Crippen LogP contribution is 2.38. The van der Waals surface area contributed by atoms with Crippen LogP contribution in [0.15, 0.2) is 219 Å². The van der Waals surface area contributed by atoms with Crippen LogP contribution in [0.1, 0.15) is 194 Å². The van der Waals surface area contributed by atoms with Gasteiger partial charge in [-0.2, -0.15) is 0 Å². The number of phosphoric ester groups is 1. The van der Waals surface area contributed by atoms with Gasteiger partial charge < -0.3 is 27.9 Å². The van der Waals surface area contributed by atoms with Crippen molar-refractivity contribution in [2.24, 2.45) is 0 Å². The van der Waals surface area contributed by atoms with Gasteiger partial charge in [-0.05, 0) is 154 Å². The number of rotatable bonds is 56. The van der Waals surface area contributed by atoms with Crippen molar-refractivity contribution in [1.82, 2.24) is 0 Å². The third-order valence-electron chi connectivity index (χ3n) is 12.5. The molecule has 0 bridgehead atoms. The van der Waals surface area contributed by atoms with Gasteiger partial charge in [-0.1, -0.05) is 245 Å². The predicted molar refractivity (Wildman–Crippen MR) is 368 cm³/mol. The average molecular weight is 1200 g/mol. The van der Waals surface area contributed by atoms with Crippen molar-refractivity contribution in [2.45, 2.75) is 200 Å². The van der Waals surface area contributed by atoms with Gasteiger partial charge in [0, 0.05) is 12.8 Å². The quantitative estimate of drug-likeness (QED) is 0.0195. The molecule has 0 fully saturated rings. The van der Waals surface area contributed by atoms with E-state index in [1.54, 1.807) is 0 Å². The summed E-state index contributed by atoms with van der Waals surface area (Å²) in [6.07, 6.45) is 103. The number of hydrogen-bond acceptors (Lipinski definition) is 8. The molecule has 0 N–H and O–H groups in total. The maximum atomic E-state index is 12.8. The molecule has 86 heavy (non-hydrogen) atoms. The van der Waals surface area contributed by atoms with E-state index in [2.05, 4.69) is 233 Å². The van der Waals surface area contributed by atoms with Gasteiger partial charge in [0.25, 0.3) is 7.82 Å². The maximum absolute atomic E-state index is 12.8. The summed E-state index contributed by atoms with van der Waals surface area (Å²) in [4.78, 5) is 37.9. The molecule has 0 aromatic carbocycles. The monoisotopic (exact) mass is 1200 g/mol. The van der Waals surface area contributed by atoms with Crippen LogP contribution in [0.2, 0.25) is 0 Å². The number of unbranched alkanes of at least 4 members (excludes halogenated alkanes) is 6. The van der Waals surface area contributed by atoms with Crippen LogP contribution in [0.3, 0.4) is 0 Å². The Morgan fingerprint density at radius 1 is 0.360 bits per heavy atom. The zero-order chi connectivity index (χ0) is 62.6. The van der Waals surface area contributed by atoms with E-state index in [1.807, 2.05) is 21.1 Å². The van der Waals surface area contributed by atoms with E-state index in [0.717, 1.165) is 154 Å². The number of carbonyl (C=O) groups is 2. The number of likely N-dealkylation sites (N-methyl/N-ethyl adjacent to an activating group) is 1. The molecule has 2 atom stereocenters. The standard InChI is InChI=1S/C76H116NO8P/c1-6-8-10-12-14-16-18-20-22-24-26-28-29-30-31-32-33-34-35-36-37-38-39-40-41-42-43-44-45-46-47-49-51-53-55-57-59-61-63-65-67-69-76(79)85-74(73-84-86(80,81)83-71-70-77(3,4)5)72-82-75(78)68-66-64-62-60-58-56-54-52-50-48-27-25-23-21-19-17-15-13-11-9-7-2/h8-11,14-17,20-23,26-28,30-31,33-34,36-37,39-40,42-43,45-46,48-49,51-52,54-55,57-58,60,74H,6-7,12-13,18-19,24-25,29,32,35,38,41,44,47,50,53,56,59,61-73H2,1-5H3/b10-8-,11-9-,16-14-,17-15-,22-20-,23-21-,28-26-,31-30-,34-33-,37-36-,40-39-,43-42-,46-45-,48-27-,51-49-,54-52-,57-55-,60-58-. The zero-order valence-corrected chi connectivity index (χ0v) is 55.0. The SMILES string of the molecule is CC/C=C\C/C=C\C/C=C\C/C=C\C/C=C\C/C=C\C/C=C\C/C=C\C/C=C\C/C=C\C/C=C\C/C=C\CCCCCCC(=O)OC(COC(=O)CCCC/C=C\C/C=C\C/C=C\C/C=C\C/C=C\C/C=C\CC)COP(=O)([O-])OCC[N+](C)(C)C. The highest BCUT2D eigenvalue weighted by atomic mass is 31.2. The molecule has 0 spiro atoms. The Labute approximate surface area is 525 Å². The van der Waals surface area contributed by atoms with Crippen molar-refractivity contribution in [3.05, 3.63) is 219 Å². The number of quaternary nitrogens is 1. The Kier molecular flexibility index (Phi) is 59.6. The molecule has 0 amide bonds. The summed E-state index contributed by atoms with van der Waals surface area (Å²) in [6, 6.07) is 0. The molecule has 0 heterocycles. The van der Waals surface area contributed by atoms with Crippen molar-refractivity contribution < 1.29 is 42.1 Å². The fourth-order valence-corrected chi connectivity index (χ4v) is 8.31. The van der Waals surface area contributed by atoms with Crippen LogP contribution in [0.5, 0.6) is 0 Å². The van der Waals surface area contributed by atoms with Crippen LogP contribution in [0.25, 0.3) is 0 Å². The lowest BCUT2D eigenvalue weighted by atomic mass is 10.1. The molecule has 0 saturated heterocycles. The number of nitrogens with zero attached hydrogens (tertiary/aromatic N) is 1. The Morgan fingerprint density at radius 2 is 0.628 bits per heavy atom. The van der Waals surface area contributed by atoms with Crippen molar-refractivity contribution in [2.75, 3.05) is 47.5 Å². The van der Waals surface area contributed by atoms with Crippen molar-refractivity contribution in [1.29, 1.82) is 0 Å². The number of ether oxygens (including phenoxy) is 2. The molecular formula is C76H116NO8P. The number of phosphoric acid groups is 1. The topological polar surface area (TPSA) is 111 Å². The minimum absolute atomic E-state index is 0.0567. The third kappa shape index (κ3) is 67.5. The minimum Gasteiger partial charge on any atom is -0.756 e. The number of carbonyl (C=O) groups excluding carboxylic acids is 2. The lowest BCUT2D eigenvalue weighted by Crippen LogP contribution is -2.37. The lowest BCUT2D eigenvalue weighted by Gasteiger charge is -2.28. The Morgan fingerprint density at radius 3 is 0.942 bits per heavy atom. The Balaban J connectivity index is 4.28. The number of hydrogen-bond donors (Lipinski definition) is 0. The van der Waals surface area contributed by atoms with Gasteiger partial charge in [0.1, 0.15) is 19.8 Å². The smallest absolute Gasteiger partial charge is 0.306 e. The molecule has 0 aliphatic rings. The molecule has 10 heteroatoms.